The van der Waals surface area contributed by atoms with Crippen molar-refractivity contribution in [3.63, 3.8) is 0 Å². The fraction of sp³-hybridized carbons (Fsp3) is 0.381. The summed E-state index contributed by atoms with van der Waals surface area (Å²) < 4.78 is 46.6. The second-order valence-electron chi connectivity index (χ2n) is 7.29. The van der Waals surface area contributed by atoms with Crippen molar-refractivity contribution >= 4 is 15.7 Å². The standard InChI is InChI=1S/C21H23FN2O4S/c22-17-9-5-4-8-16(17)20-19(29(26,27)15-6-2-1-3-7-15)14-18(23-20)21(25)24-10-12-28-13-11-24/h1-9,18-20,23H,10-14H2. The van der Waals surface area contributed by atoms with Crippen molar-refractivity contribution in [3.05, 3.63) is 66.0 Å². The Morgan fingerprint density at radius 1 is 1.03 bits per heavy atom. The molecular formula is C21H23FN2O4S. The lowest BCUT2D eigenvalue weighted by Crippen LogP contribution is -2.48. The Morgan fingerprint density at radius 3 is 2.38 bits per heavy atom. The van der Waals surface area contributed by atoms with E-state index in [1.165, 1.54) is 18.2 Å². The number of sulfone groups is 1. The van der Waals surface area contributed by atoms with Gasteiger partial charge in [0.1, 0.15) is 5.82 Å². The minimum Gasteiger partial charge on any atom is -0.378 e. The normalized spacial score (nSPS) is 25.1. The van der Waals surface area contributed by atoms with Crippen molar-refractivity contribution in [2.45, 2.75) is 28.6 Å². The van der Waals surface area contributed by atoms with Crippen LogP contribution in [0.5, 0.6) is 0 Å². The van der Waals surface area contributed by atoms with Crippen LogP contribution in [-0.4, -0.2) is 56.8 Å². The van der Waals surface area contributed by atoms with Gasteiger partial charge in [-0.2, -0.15) is 0 Å². The lowest BCUT2D eigenvalue weighted by Gasteiger charge is -2.29. The first-order chi connectivity index (χ1) is 14.0. The maximum Gasteiger partial charge on any atom is 0.239 e. The minimum atomic E-state index is -3.77. The molecular weight excluding hydrogens is 395 g/mol. The number of rotatable bonds is 4. The van der Waals surface area contributed by atoms with Crippen molar-refractivity contribution in [2.75, 3.05) is 26.3 Å². The molecule has 0 spiro atoms. The van der Waals surface area contributed by atoms with Gasteiger partial charge in [-0.3, -0.25) is 10.1 Å². The van der Waals surface area contributed by atoms with Crippen molar-refractivity contribution < 1.29 is 22.3 Å². The fourth-order valence-electron chi connectivity index (χ4n) is 4.04. The summed E-state index contributed by atoms with van der Waals surface area (Å²) >= 11 is 0. The van der Waals surface area contributed by atoms with Gasteiger partial charge in [0, 0.05) is 18.7 Å². The van der Waals surface area contributed by atoms with Gasteiger partial charge < -0.3 is 9.64 Å². The molecule has 2 aromatic carbocycles. The van der Waals surface area contributed by atoms with Gasteiger partial charge in [0.2, 0.25) is 5.91 Å². The van der Waals surface area contributed by atoms with E-state index in [1.807, 2.05) is 0 Å². The zero-order valence-electron chi connectivity index (χ0n) is 15.8. The second kappa shape index (κ2) is 8.22. The summed E-state index contributed by atoms with van der Waals surface area (Å²) in [5.74, 6) is -0.655. The molecule has 3 unspecified atom stereocenters. The monoisotopic (exact) mass is 418 g/mol. The lowest BCUT2D eigenvalue weighted by molar-refractivity contribution is -0.137. The van der Waals surface area contributed by atoms with Gasteiger partial charge in [0.25, 0.3) is 0 Å². The van der Waals surface area contributed by atoms with E-state index in [-0.39, 0.29) is 22.8 Å². The number of carbonyl (C=O) groups is 1. The first kappa shape index (κ1) is 20.0. The summed E-state index contributed by atoms with van der Waals surface area (Å²) in [5, 5.41) is 2.17. The Labute approximate surface area is 169 Å². The molecule has 0 bridgehead atoms. The summed E-state index contributed by atoms with van der Waals surface area (Å²) in [6.45, 7) is 1.86. The van der Waals surface area contributed by atoms with Gasteiger partial charge in [-0.1, -0.05) is 36.4 Å². The Balaban J connectivity index is 1.69. The van der Waals surface area contributed by atoms with Gasteiger partial charge in [-0.25, -0.2) is 12.8 Å². The fourth-order valence-corrected chi connectivity index (χ4v) is 5.96. The highest BCUT2D eigenvalue weighted by molar-refractivity contribution is 7.92. The summed E-state index contributed by atoms with van der Waals surface area (Å²) in [7, 11) is -3.77. The van der Waals surface area contributed by atoms with E-state index >= 15 is 0 Å². The molecule has 8 heteroatoms. The topological polar surface area (TPSA) is 75.7 Å². The van der Waals surface area contributed by atoms with E-state index in [0.29, 0.717) is 26.3 Å². The Bertz CT molecular complexity index is 977. The summed E-state index contributed by atoms with van der Waals surface area (Å²) in [5.41, 5.74) is 0.259. The van der Waals surface area contributed by atoms with Crippen LogP contribution in [0.1, 0.15) is 18.0 Å². The van der Waals surface area contributed by atoms with Gasteiger partial charge in [0.05, 0.1) is 35.4 Å². The Hall–Kier alpha value is -2.29. The molecule has 3 atom stereocenters. The van der Waals surface area contributed by atoms with Crippen LogP contribution in [-0.2, 0) is 19.4 Å². The van der Waals surface area contributed by atoms with Gasteiger partial charge in [0.15, 0.2) is 9.84 Å². The van der Waals surface area contributed by atoms with Crippen LogP contribution in [0.15, 0.2) is 59.5 Å². The van der Waals surface area contributed by atoms with Crippen molar-refractivity contribution in [2.24, 2.45) is 0 Å². The molecule has 2 aliphatic rings. The molecule has 2 fully saturated rings. The molecule has 4 rings (SSSR count). The number of halogens is 1. The third kappa shape index (κ3) is 3.92. The molecule has 2 heterocycles. The smallest absolute Gasteiger partial charge is 0.239 e. The second-order valence-corrected chi connectivity index (χ2v) is 9.46. The third-order valence-electron chi connectivity index (χ3n) is 5.55. The number of hydrogen-bond donors (Lipinski definition) is 1. The molecule has 1 N–H and O–H groups in total. The predicted octanol–water partition coefficient (Wildman–Crippen LogP) is 1.93. The zero-order valence-corrected chi connectivity index (χ0v) is 16.6. The Kier molecular flexibility index (Phi) is 5.67. The van der Waals surface area contributed by atoms with E-state index in [1.54, 1.807) is 41.3 Å². The number of morpholine rings is 1. The third-order valence-corrected chi connectivity index (χ3v) is 7.74. The van der Waals surface area contributed by atoms with Crippen LogP contribution < -0.4 is 5.32 Å². The molecule has 0 saturated carbocycles. The van der Waals surface area contributed by atoms with E-state index in [9.17, 15) is 17.6 Å². The predicted molar refractivity (Wildman–Crippen MR) is 105 cm³/mol. The van der Waals surface area contributed by atoms with Crippen molar-refractivity contribution in [1.29, 1.82) is 0 Å². The maximum absolute atomic E-state index is 14.5. The van der Waals surface area contributed by atoms with Crippen LogP contribution in [0.4, 0.5) is 4.39 Å². The molecule has 0 radical (unpaired) electrons. The van der Waals surface area contributed by atoms with E-state index in [4.69, 9.17) is 4.74 Å². The van der Waals surface area contributed by atoms with Crippen LogP contribution >= 0.6 is 0 Å². The minimum absolute atomic E-state index is 0.0897. The highest BCUT2D eigenvalue weighted by atomic mass is 32.2. The van der Waals surface area contributed by atoms with Crippen molar-refractivity contribution in [3.8, 4) is 0 Å². The molecule has 154 valence electrons. The number of carbonyl (C=O) groups excluding carboxylic acids is 1. The zero-order chi connectivity index (χ0) is 20.4. The van der Waals surface area contributed by atoms with Gasteiger partial charge in [-0.05, 0) is 24.6 Å². The van der Waals surface area contributed by atoms with Gasteiger partial charge >= 0.3 is 0 Å². The molecule has 0 aliphatic carbocycles. The Morgan fingerprint density at radius 2 is 1.69 bits per heavy atom. The number of benzene rings is 2. The average Bonchev–Trinajstić information content (AvgIpc) is 3.21. The molecule has 2 aromatic rings. The van der Waals surface area contributed by atoms with E-state index in [0.717, 1.165) is 0 Å². The van der Waals surface area contributed by atoms with Crippen LogP contribution in [0.3, 0.4) is 0 Å². The number of nitrogens with zero attached hydrogens (tertiary/aromatic N) is 1. The first-order valence-electron chi connectivity index (χ1n) is 9.64. The number of ether oxygens (including phenoxy) is 1. The first-order valence-corrected chi connectivity index (χ1v) is 11.2. The summed E-state index contributed by atoms with van der Waals surface area (Å²) in [6, 6.07) is 12.7. The number of hydrogen-bond acceptors (Lipinski definition) is 5. The average molecular weight is 418 g/mol. The SMILES string of the molecule is O=C(C1CC(S(=O)(=O)c2ccccc2)C(c2ccccc2F)N1)N1CCOCC1. The molecule has 29 heavy (non-hydrogen) atoms. The number of amides is 1. The van der Waals surface area contributed by atoms with E-state index < -0.39 is 33.0 Å². The molecule has 0 aromatic heterocycles. The lowest BCUT2D eigenvalue weighted by atomic mass is 10.0. The van der Waals surface area contributed by atoms with Crippen LogP contribution in [0.2, 0.25) is 0 Å². The number of nitrogens with one attached hydrogen (secondary N) is 1. The summed E-state index contributed by atoms with van der Waals surface area (Å²) in [6.07, 6.45) is 0.0897. The molecule has 2 aliphatic heterocycles. The van der Waals surface area contributed by atoms with E-state index in [2.05, 4.69) is 5.32 Å². The quantitative estimate of drug-likeness (QED) is 0.821. The van der Waals surface area contributed by atoms with Crippen LogP contribution in [0, 0.1) is 5.82 Å². The summed E-state index contributed by atoms with van der Waals surface area (Å²) in [4.78, 5) is 14.8. The van der Waals surface area contributed by atoms with Crippen LogP contribution in [0.25, 0.3) is 0 Å². The maximum atomic E-state index is 14.5. The molecule has 2 saturated heterocycles. The van der Waals surface area contributed by atoms with Gasteiger partial charge in [-0.15, -0.1) is 0 Å². The molecule has 6 nitrogen and oxygen atoms in total. The van der Waals surface area contributed by atoms with Crippen molar-refractivity contribution in [1.82, 2.24) is 10.2 Å². The molecule has 1 amide bonds. The largest absolute Gasteiger partial charge is 0.378 e. The highest BCUT2D eigenvalue weighted by Crippen LogP contribution is 2.37. The highest BCUT2D eigenvalue weighted by Gasteiger charge is 2.47.